The van der Waals surface area contributed by atoms with E-state index in [0.717, 1.165) is 22.4 Å². The van der Waals surface area contributed by atoms with Crippen LogP contribution in [0.1, 0.15) is 27.0 Å². The lowest BCUT2D eigenvalue weighted by Crippen LogP contribution is -2.37. The van der Waals surface area contributed by atoms with Gasteiger partial charge in [0.05, 0.1) is 16.9 Å². The average molecular weight is 421 g/mol. The Morgan fingerprint density at radius 2 is 1.28 bits per heavy atom. The lowest BCUT2D eigenvalue weighted by molar-refractivity contribution is 0.1000. The second-order valence-electron chi connectivity index (χ2n) is 7.63. The summed E-state index contributed by atoms with van der Waals surface area (Å²) in [7, 11) is 0. The zero-order chi connectivity index (χ0) is 22.5. The molecule has 4 nitrogen and oxygen atoms in total. The van der Waals surface area contributed by atoms with Gasteiger partial charge in [0, 0.05) is 5.56 Å². The highest BCUT2D eigenvalue weighted by Crippen LogP contribution is 2.27. The van der Waals surface area contributed by atoms with Gasteiger partial charge in [-0.05, 0) is 50.2 Å². The monoisotopic (exact) mass is 420 g/mol. The van der Waals surface area contributed by atoms with Gasteiger partial charge in [-0.15, -0.1) is 0 Å². The first-order valence-electron chi connectivity index (χ1n) is 10.4. The number of aliphatic imine (C=N–C) groups is 1. The van der Waals surface area contributed by atoms with Crippen molar-refractivity contribution < 1.29 is 9.90 Å². The van der Waals surface area contributed by atoms with E-state index in [-0.39, 0.29) is 17.2 Å². The number of amides is 1. The van der Waals surface area contributed by atoms with Crippen molar-refractivity contribution in [3.05, 3.63) is 125 Å². The van der Waals surface area contributed by atoms with Gasteiger partial charge < -0.3 is 5.11 Å². The Balaban J connectivity index is 1.94. The van der Waals surface area contributed by atoms with Crippen molar-refractivity contribution in [3.8, 4) is 5.75 Å². The van der Waals surface area contributed by atoms with E-state index in [1.807, 2.05) is 92.7 Å². The molecule has 0 bridgehead atoms. The molecular weight excluding hydrogens is 396 g/mol. The molecule has 0 aliphatic heterocycles. The van der Waals surface area contributed by atoms with Crippen LogP contribution in [-0.4, -0.2) is 16.8 Å². The second-order valence-corrected chi connectivity index (χ2v) is 7.63. The van der Waals surface area contributed by atoms with Crippen LogP contribution in [0.3, 0.4) is 0 Å². The normalized spacial score (nSPS) is 11.2. The van der Waals surface area contributed by atoms with Crippen LogP contribution in [0.25, 0.3) is 0 Å². The van der Waals surface area contributed by atoms with E-state index in [1.54, 1.807) is 23.1 Å². The van der Waals surface area contributed by atoms with Crippen LogP contribution in [0, 0.1) is 13.8 Å². The summed E-state index contributed by atoms with van der Waals surface area (Å²) < 4.78 is 0. The van der Waals surface area contributed by atoms with Crippen molar-refractivity contribution in [1.82, 2.24) is 0 Å². The quantitative estimate of drug-likeness (QED) is 0.305. The number of phenolic OH excluding ortho intramolecular Hbond substituents is 1. The summed E-state index contributed by atoms with van der Waals surface area (Å²) in [6, 6.07) is 31.7. The highest BCUT2D eigenvalue weighted by molar-refractivity contribution is 6.28. The molecule has 0 unspecified atom stereocenters. The molecule has 1 amide bonds. The van der Waals surface area contributed by atoms with Gasteiger partial charge in [0.15, 0.2) is 0 Å². The van der Waals surface area contributed by atoms with E-state index >= 15 is 0 Å². The molecule has 0 saturated carbocycles. The number of hydrogen-bond acceptors (Lipinski definition) is 3. The summed E-state index contributed by atoms with van der Waals surface area (Å²) in [5, 5.41) is 10.4. The van der Waals surface area contributed by atoms with Gasteiger partial charge in [0.25, 0.3) is 5.91 Å². The van der Waals surface area contributed by atoms with Crippen molar-refractivity contribution in [3.63, 3.8) is 0 Å². The lowest BCUT2D eigenvalue weighted by atomic mass is 10.1. The predicted molar refractivity (Wildman–Crippen MR) is 130 cm³/mol. The summed E-state index contributed by atoms with van der Waals surface area (Å²) in [5.74, 6) is 0.0468. The van der Waals surface area contributed by atoms with Crippen LogP contribution in [0.4, 0.5) is 11.4 Å². The first kappa shape index (κ1) is 21.1. The Kier molecular flexibility index (Phi) is 6.13. The molecule has 1 N–H and O–H groups in total. The number of aryl methyl sites for hydroxylation is 2. The van der Waals surface area contributed by atoms with Crippen LogP contribution in [-0.2, 0) is 0 Å². The van der Waals surface area contributed by atoms with Crippen LogP contribution in [0.5, 0.6) is 5.75 Å². The standard InChI is InChI=1S/C28H24N2O2/c1-20-12-16-23(17-13-20)29-27(22-8-4-3-5-9-22)30(24-18-14-21(2)15-19-24)28(32)25-10-6-7-11-26(25)31/h3-19,31H,1-2H3. The Morgan fingerprint density at radius 1 is 0.719 bits per heavy atom. The topological polar surface area (TPSA) is 52.9 Å². The fraction of sp³-hybridized carbons (Fsp3) is 0.0714. The Hall–Kier alpha value is -4.18. The number of aromatic hydroxyl groups is 1. The van der Waals surface area contributed by atoms with E-state index in [1.165, 1.54) is 6.07 Å². The number of carbonyl (C=O) groups is 1. The van der Waals surface area contributed by atoms with Gasteiger partial charge in [-0.25, -0.2) is 4.99 Å². The van der Waals surface area contributed by atoms with E-state index in [4.69, 9.17) is 4.99 Å². The maximum atomic E-state index is 13.8. The number of phenols is 1. The Morgan fingerprint density at radius 3 is 1.91 bits per heavy atom. The minimum absolute atomic E-state index is 0.0719. The maximum absolute atomic E-state index is 13.8. The highest BCUT2D eigenvalue weighted by atomic mass is 16.3. The molecular formula is C28H24N2O2. The number of rotatable bonds is 4. The number of anilines is 1. The third-order valence-electron chi connectivity index (χ3n) is 5.14. The predicted octanol–water partition coefficient (Wildman–Crippen LogP) is 6.43. The van der Waals surface area contributed by atoms with E-state index in [2.05, 4.69) is 0 Å². The van der Waals surface area contributed by atoms with Crippen LogP contribution < -0.4 is 4.90 Å². The molecule has 4 aromatic carbocycles. The van der Waals surface area contributed by atoms with Crippen molar-refractivity contribution in [1.29, 1.82) is 0 Å². The largest absolute Gasteiger partial charge is 0.507 e. The number of amidine groups is 1. The van der Waals surface area contributed by atoms with Crippen molar-refractivity contribution in [2.75, 3.05) is 4.90 Å². The summed E-state index contributed by atoms with van der Waals surface area (Å²) in [6.45, 7) is 4.02. The second kappa shape index (κ2) is 9.31. The smallest absolute Gasteiger partial charge is 0.267 e. The van der Waals surface area contributed by atoms with Crippen LogP contribution >= 0.6 is 0 Å². The lowest BCUT2D eigenvalue weighted by Gasteiger charge is -2.25. The summed E-state index contributed by atoms with van der Waals surface area (Å²) in [5.41, 5.74) is 4.61. The summed E-state index contributed by atoms with van der Waals surface area (Å²) in [4.78, 5) is 20.2. The number of para-hydroxylation sites is 1. The molecule has 158 valence electrons. The van der Waals surface area contributed by atoms with Gasteiger partial charge in [-0.2, -0.15) is 0 Å². The van der Waals surface area contributed by atoms with E-state index in [0.29, 0.717) is 11.5 Å². The SMILES string of the molecule is Cc1ccc(N=C(c2ccccc2)N(C(=O)c2ccccc2O)c2ccc(C)cc2)cc1. The number of benzene rings is 4. The average Bonchev–Trinajstić information content (AvgIpc) is 2.82. The third kappa shape index (κ3) is 4.60. The fourth-order valence-corrected chi connectivity index (χ4v) is 3.38. The van der Waals surface area contributed by atoms with Crippen molar-refractivity contribution in [2.45, 2.75) is 13.8 Å². The molecule has 4 rings (SSSR count). The molecule has 32 heavy (non-hydrogen) atoms. The molecule has 0 atom stereocenters. The minimum Gasteiger partial charge on any atom is -0.507 e. The third-order valence-corrected chi connectivity index (χ3v) is 5.14. The number of nitrogens with zero attached hydrogens (tertiary/aromatic N) is 2. The van der Waals surface area contributed by atoms with Gasteiger partial charge in [-0.1, -0.05) is 77.9 Å². The van der Waals surface area contributed by atoms with Crippen LogP contribution in [0.2, 0.25) is 0 Å². The fourth-order valence-electron chi connectivity index (χ4n) is 3.38. The first-order valence-corrected chi connectivity index (χ1v) is 10.4. The minimum atomic E-state index is -0.360. The van der Waals surface area contributed by atoms with Gasteiger partial charge in [0.2, 0.25) is 0 Å². The van der Waals surface area contributed by atoms with Gasteiger partial charge in [0.1, 0.15) is 11.6 Å². The molecule has 0 fully saturated rings. The van der Waals surface area contributed by atoms with E-state index < -0.39 is 0 Å². The first-order chi connectivity index (χ1) is 15.5. The van der Waals surface area contributed by atoms with Crippen molar-refractivity contribution in [2.24, 2.45) is 4.99 Å². The molecule has 0 radical (unpaired) electrons. The number of carbonyl (C=O) groups excluding carboxylic acids is 1. The zero-order valence-corrected chi connectivity index (χ0v) is 18.1. The molecule has 0 saturated heterocycles. The molecule has 4 heteroatoms. The van der Waals surface area contributed by atoms with Crippen molar-refractivity contribution >= 4 is 23.1 Å². The summed E-state index contributed by atoms with van der Waals surface area (Å²) in [6.07, 6.45) is 0. The van der Waals surface area contributed by atoms with Crippen LogP contribution in [0.15, 0.2) is 108 Å². The molecule has 0 aliphatic rings. The molecule has 4 aromatic rings. The summed E-state index contributed by atoms with van der Waals surface area (Å²) >= 11 is 0. The molecule has 0 aromatic heterocycles. The zero-order valence-electron chi connectivity index (χ0n) is 18.1. The highest BCUT2D eigenvalue weighted by Gasteiger charge is 2.26. The molecule has 0 aliphatic carbocycles. The van der Waals surface area contributed by atoms with Gasteiger partial charge in [-0.3, -0.25) is 9.69 Å². The Bertz CT molecular complexity index is 1240. The maximum Gasteiger partial charge on any atom is 0.267 e. The van der Waals surface area contributed by atoms with Gasteiger partial charge >= 0.3 is 0 Å². The Labute approximate surface area is 188 Å². The van der Waals surface area contributed by atoms with E-state index in [9.17, 15) is 9.90 Å². The number of hydrogen-bond donors (Lipinski definition) is 1. The molecule has 0 heterocycles. The molecule has 0 spiro atoms.